The highest BCUT2D eigenvalue weighted by Crippen LogP contribution is 2.36. The van der Waals surface area contributed by atoms with Gasteiger partial charge in [-0.3, -0.25) is 9.69 Å². The Labute approximate surface area is 157 Å². The Bertz CT molecular complexity index is 820. The first kappa shape index (κ1) is 17.8. The molecule has 1 aliphatic heterocycles. The molecule has 2 heterocycles. The molecule has 0 atom stereocenters. The zero-order valence-electron chi connectivity index (χ0n) is 14.5. The Morgan fingerprint density at radius 3 is 2.40 bits per heavy atom. The van der Waals surface area contributed by atoms with Crippen molar-refractivity contribution in [1.29, 1.82) is 0 Å². The van der Waals surface area contributed by atoms with Crippen LogP contribution in [0.5, 0.6) is 0 Å². The number of hydrogen-bond donors (Lipinski definition) is 0. The molecule has 25 heavy (non-hydrogen) atoms. The zero-order valence-corrected chi connectivity index (χ0v) is 16.1. The lowest BCUT2D eigenvalue weighted by atomic mass is 10.2. The number of carbonyl (C=O) groups is 1. The van der Waals surface area contributed by atoms with Gasteiger partial charge >= 0.3 is 0 Å². The highest BCUT2D eigenvalue weighted by Gasteiger charge is 2.33. The van der Waals surface area contributed by atoms with Gasteiger partial charge < -0.3 is 9.32 Å². The average Bonchev–Trinajstić information content (AvgIpc) is 3.13. The van der Waals surface area contributed by atoms with Crippen molar-refractivity contribution in [1.82, 2.24) is 0 Å². The summed E-state index contributed by atoms with van der Waals surface area (Å²) in [4.78, 5) is 17.2. The Morgan fingerprint density at radius 1 is 1.16 bits per heavy atom. The number of hydrogen-bond acceptors (Lipinski definition) is 5. The predicted octanol–water partition coefficient (Wildman–Crippen LogP) is 4.84. The van der Waals surface area contributed by atoms with Gasteiger partial charge in [-0.2, -0.15) is 0 Å². The molecule has 0 saturated carbocycles. The summed E-state index contributed by atoms with van der Waals surface area (Å²) in [5.74, 6) is 1.36. The Morgan fingerprint density at radius 2 is 1.84 bits per heavy atom. The third-order valence-corrected chi connectivity index (χ3v) is 5.37. The molecule has 2 aromatic rings. The summed E-state index contributed by atoms with van der Waals surface area (Å²) < 4.78 is 6.06. The minimum Gasteiger partial charge on any atom is -0.462 e. The number of aryl methyl sites for hydroxylation is 1. The van der Waals surface area contributed by atoms with E-state index in [4.69, 9.17) is 16.6 Å². The molecule has 4 nitrogen and oxygen atoms in total. The number of benzene rings is 1. The normalized spacial score (nSPS) is 16.1. The maximum atomic E-state index is 12.8. The fourth-order valence-electron chi connectivity index (χ4n) is 2.75. The van der Waals surface area contributed by atoms with Gasteiger partial charge in [0.25, 0.3) is 5.91 Å². The van der Waals surface area contributed by atoms with E-state index >= 15 is 0 Å². The molecule has 1 aromatic heterocycles. The van der Waals surface area contributed by atoms with Crippen molar-refractivity contribution in [3.8, 4) is 0 Å². The van der Waals surface area contributed by atoms with E-state index in [2.05, 4.69) is 18.7 Å². The third-order valence-electron chi connectivity index (χ3n) is 4.06. The second-order valence-electron chi connectivity index (χ2n) is 5.65. The molecule has 0 N–H and O–H groups in total. The van der Waals surface area contributed by atoms with Gasteiger partial charge in [0.15, 0.2) is 4.32 Å². The average molecular weight is 373 g/mol. The van der Waals surface area contributed by atoms with Crippen LogP contribution in [0.25, 0.3) is 6.08 Å². The van der Waals surface area contributed by atoms with Crippen LogP contribution in [0.15, 0.2) is 45.7 Å². The highest BCUT2D eigenvalue weighted by atomic mass is 32.2. The second kappa shape index (κ2) is 7.45. The molecule has 1 saturated heterocycles. The van der Waals surface area contributed by atoms with Crippen LogP contribution < -0.4 is 9.80 Å². The summed E-state index contributed by atoms with van der Waals surface area (Å²) >= 11 is 6.71. The highest BCUT2D eigenvalue weighted by molar-refractivity contribution is 8.27. The molecule has 1 amide bonds. The number of thiocarbonyl (C=S) groups is 1. The maximum Gasteiger partial charge on any atom is 0.270 e. The van der Waals surface area contributed by atoms with Crippen molar-refractivity contribution >= 4 is 51.7 Å². The fraction of sp³-hybridized carbons (Fsp3) is 0.263. The molecule has 0 radical (unpaired) electrons. The molecule has 130 valence electrons. The number of thioether (sulfide) groups is 1. The van der Waals surface area contributed by atoms with Crippen LogP contribution in [0, 0.1) is 6.92 Å². The summed E-state index contributed by atoms with van der Waals surface area (Å²) in [5.41, 5.74) is 1.93. The predicted molar refractivity (Wildman–Crippen MR) is 109 cm³/mol. The van der Waals surface area contributed by atoms with Crippen LogP contribution in [-0.4, -0.2) is 23.3 Å². The van der Waals surface area contributed by atoms with E-state index < -0.39 is 0 Å². The van der Waals surface area contributed by atoms with Gasteiger partial charge in [0.05, 0.1) is 10.6 Å². The summed E-state index contributed by atoms with van der Waals surface area (Å²) in [7, 11) is 0. The summed E-state index contributed by atoms with van der Waals surface area (Å²) in [5, 5.41) is 0. The number of furan rings is 1. The molecule has 0 bridgehead atoms. The monoisotopic (exact) mass is 372 g/mol. The van der Waals surface area contributed by atoms with Crippen molar-refractivity contribution in [3.05, 3.63) is 52.8 Å². The Kier molecular flexibility index (Phi) is 5.30. The lowest BCUT2D eigenvalue weighted by Gasteiger charge is -2.22. The smallest absolute Gasteiger partial charge is 0.270 e. The Hall–Kier alpha value is -2.05. The van der Waals surface area contributed by atoms with E-state index in [0.29, 0.717) is 15.0 Å². The lowest BCUT2D eigenvalue weighted by molar-refractivity contribution is -0.113. The number of amides is 1. The molecule has 3 rings (SSSR count). The van der Waals surface area contributed by atoms with Crippen LogP contribution >= 0.6 is 24.0 Å². The van der Waals surface area contributed by atoms with Gasteiger partial charge in [-0.1, -0.05) is 24.0 Å². The standard InChI is InChI=1S/C19H20N2O2S2/c1-4-20(5-2)14-7-9-15(10-8-14)21-18(22)17(25-19(21)24)12-16-11-6-13(3)23-16/h6-12H,4-5H2,1-3H3/b17-12-. The molecule has 1 fully saturated rings. The van der Waals surface area contributed by atoms with Crippen molar-refractivity contribution in [2.24, 2.45) is 0 Å². The zero-order chi connectivity index (χ0) is 18.0. The van der Waals surface area contributed by atoms with Gasteiger partial charge in [0.2, 0.25) is 0 Å². The van der Waals surface area contributed by atoms with Gasteiger partial charge in [-0.25, -0.2) is 0 Å². The minimum atomic E-state index is -0.111. The van der Waals surface area contributed by atoms with Crippen LogP contribution in [0.3, 0.4) is 0 Å². The first-order valence-corrected chi connectivity index (χ1v) is 9.45. The van der Waals surface area contributed by atoms with E-state index in [0.717, 1.165) is 30.2 Å². The number of anilines is 2. The summed E-state index contributed by atoms with van der Waals surface area (Å²) in [6, 6.07) is 11.7. The third kappa shape index (κ3) is 3.65. The fourth-order valence-corrected chi connectivity index (χ4v) is 4.03. The molecule has 0 aliphatic carbocycles. The number of carbonyl (C=O) groups excluding carboxylic acids is 1. The van der Waals surface area contributed by atoms with Crippen LogP contribution in [0.2, 0.25) is 0 Å². The van der Waals surface area contributed by atoms with Gasteiger partial charge in [0, 0.05) is 24.9 Å². The minimum absolute atomic E-state index is 0.111. The lowest BCUT2D eigenvalue weighted by Crippen LogP contribution is -2.27. The summed E-state index contributed by atoms with van der Waals surface area (Å²) in [6.45, 7) is 8.02. The van der Waals surface area contributed by atoms with E-state index in [1.807, 2.05) is 43.3 Å². The largest absolute Gasteiger partial charge is 0.462 e. The van der Waals surface area contributed by atoms with Crippen molar-refractivity contribution in [2.75, 3.05) is 22.9 Å². The number of rotatable bonds is 5. The van der Waals surface area contributed by atoms with Crippen LogP contribution in [0.1, 0.15) is 25.4 Å². The maximum absolute atomic E-state index is 12.8. The molecule has 0 spiro atoms. The van der Waals surface area contributed by atoms with E-state index in [-0.39, 0.29) is 5.91 Å². The van der Waals surface area contributed by atoms with E-state index in [9.17, 15) is 4.79 Å². The van der Waals surface area contributed by atoms with Gasteiger partial charge in [0.1, 0.15) is 11.5 Å². The summed E-state index contributed by atoms with van der Waals surface area (Å²) in [6.07, 6.45) is 1.75. The molecule has 1 aromatic carbocycles. The van der Waals surface area contributed by atoms with Crippen LogP contribution in [-0.2, 0) is 4.79 Å². The van der Waals surface area contributed by atoms with E-state index in [1.54, 1.807) is 11.0 Å². The van der Waals surface area contributed by atoms with Crippen molar-refractivity contribution in [2.45, 2.75) is 20.8 Å². The quantitative estimate of drug-likeness (QED) is 0.554. The molecule has 1 aliphatic rings. The van der Waals surface area contributed by atoms with Crippen molar-refractivity contribution in [3.63, 3.8) is 0 Å². The second-order valence-corrected chi connectivity index (χ2v) is 7.33. The first-order chi connectivity index (χ1) is 12.0. The van der Waals surface area contributed by atoms with Crippen molar-refractivity contribution < 1.29 is 9.21 Å². The van der Waals surface area contributed by atoms with E-state index in [1.165, 1.54) is 11.8 Å². The molecular weight excluding hydrogens is 352 g/mol. The van der Waals surface area contributed by atoms with Crippen LogP contribution in [0.4, 0.5) is 11.4 Å². The molecule has 6 heteroatoms. The molecule has 0 unspecified atom stereocenters. The Balaban J connectivity index is 1.84. The molecular formula is C19H20N2O2S2. The van der Waals surface area contributed by atoms with Gasteiger partial charge in [-0.15, -0.1) is 0 Å². The van der Waals surface area contributed by atoms with Gasteiger partial charge in [-0.05, 0) is 57.2 Å². The first-order valence-electron chi connectivity index (χ1n) is 8.23. The topological polar surface area (TPSA) is 36.7 Å². The SMILES string of the molecule is CCN(CC)c1ccc(N2C(=O)/C(=C/c3ccc(C)o3)SC2=S)cc1. The number of nitrogens with zero attached hydrogens (tertiary/aromatic N) is 2.